The van der Waals surface area contributed by atoms with Gasteiger partial charge in [0, 0.05) is 56.1 Å². The molecule has 0 unspecified atom stereocenters. The van der Waals surface area contributed by atoms with E-state index in [-0.39, 0.29) is 5.52 Å². The molecule has 0 radical (unpaired) electrons. The van der Waals surface area contributed by atoms with Crippen molar-refractivity contribution >= 4 is 51.1 Å². The summed E-state index contributed by atoms with van der Waals surface area (Å²) >= 11 is 1.37. The van der Waals surface area contributed by atoms with Crippen LogP contribution in [0.3, 0.4) is 0 Å². The molecule has 3 N–H and O–H groups in total. The van der Waals surface area contributed by atoms with E-state index in [9.17, 15) is 31.4 Å². The van der Waals surface area contributed by atoms with E-state index >= 15 is 0 Å². The molecular weight excluding hydrogens is 658 g/mol. The van der Waals surface area contributed by atoms with Gasteiger partial charge in [0.1, 0.15) is 5.82 Å². The van der Waals surface area contributed by atoms with Crippen LogP contribution in [-0.2, 0) is 6.54 Å². The van der Waals surface area contributed by atoms with Crippen LogP contribution in [0.15, 0.2) is 78.1 Å². The summed E-state index contributed by atoms with van der Waals surface area (Å²) in [5.74, 6) is 1.03. The lowest BCUT2D eigenvalue weighted by Gasteiger charge is -2.32. The van der Waals surface area contributed by atoms with Gasteiger partial charge in [-0.2, -0.15) is 31.4 Å². The molecule has 0 aliphatic carbocycles. The van der Waals surface area contributed by atoms with Crippen LogP contribution >= 0.6 is 11.9 Å². The second-order valence-electron chi connectivity index (χ2n) is 11.1. The van der Waals surface area contributed by atoms with Crippen molar-refractivity contribution in [2.24, 2.45) is 0 Å². The first-order valence-electron chi connectivity index (χ1n) is 14.3. The number of alkyl halides is 6. The third-order valence-corrected chi connectivity index (χ3v) is 8.48. The Kier molecular flexibility index (Phi) is 8.41. The van der Waals surface area contributed by atoms with Crippen molar-refractivity contribution in [3.8, 4) is 11.3 Å². The lowest BCUT2D eigenvalue weighted by atomic mass is 9.98. The van der Waals surface area contributed by atoms with E-state index in [4.69, 9.17) is 0 Å². The lowest BCUT2D eigenvalue weighted by Crippen LogP contribution is -2.59. The molecule has 0 aliphatic rings. The number of hydrogen-bond donors (Lipinski definition) is 3. The average molecular weight is 685 g/mol. The molecule has 4 heterocycles. The maximum atomic E-state index is 13.4. The van der Waals surface area contributed by atoms with Gasteiger partial charge >= 0.3 is 12.4 Å². The predicted octanol–water partition coefficient (Wildman–Crippen LogP) is 8.08. The number of aromatic nitrogens is 6. The van der Waals surface area contributed by atoms with Crippen LogP contribution in [0.1, 0.15) is 17.0 Å². The number of aryl methyl sites for hydroxylation is 3. The van der Waals surface area contributed by atoms with Crippen molar-refractivity contribution in [2.45, 2.75) is 50.2 Å². The minimum Gasteiger partial charge on any atom is -0.372 e. The Bertz CT molecular complexity index is 2100. The second kappa shape index (κ2) is 12.2. The number of pyridine rings is 2. The molecule has 0 atom stereocenters. The minimum absolute atomic E-state index is 0.00855. The van der Waals surface area contributed by atoms with Gasteiger partial charge in [-0.05, 0) is 86.8 Å². The SMILES string of the molecule is Cc1cc(C)nc(NSc2ccc(Nc3cc4c(-c5ccc6c(cnn6CC(O)(C(F)(F)F)C(F)(F)F)c5C)nccc4cn3)cc2)n1. The molecule has 9 nitrogen and oxygen atoms in total. The van der Waals surface area contributed by atoms with Crippen molar-refractivity contribution in [1.29, 1.82) is 0 Å². The molecule has 0 amide bonds. The third-order valence-electron chi connectivity index (χ3n) is 7.68. The van der Waals surface area contributed by atoms with E-state index < -0.39 is 24.5 Å². The first-order valence-corrected chi connectivity index (χ1v) is 15.1. The Labute approximate surface area is 273 Å². The van der Waals surface area contributed by atoms with E-state index in [1.165, 1.54) is 24.2 Å². The quantitative estimate of drug-likeness (QED) is 0.108. The average Bonchev–Trinajstić information content (AvgIpc) is 3.42. The molecule has 0 saturated heterocycles. The molecule has 16 heteroatoms. The summed E-state index contributed by atoms with van der Waals surface area (Å²) in [6.45, 7) is 3.62. The highest BCUT2D eigenvalue weighted by atomic mass is 32.2. The zero-order valence-electron chi connectivity index (χ0n) is 25.4. The van der Waals surface area contributed by atoms with Crippen molar-refractivity contribution in [3.05, 3.63) is 90.1 Å². The number of hydrogen-bond acceptors (Lipinski definition) is 9. The van der Waals surface area contributed by atoms with Gasteiger partial charge in [0.25, 0.3) is 5.60 Å². The lowest BCUT2D eigenvalue weighted by molar-refractivity contribution is -0.372. The van der Waals surface area contributed by atoms with E-state index in [1.807, 2.05) is 44.2 Å². The number of fused-ring (bicyclic) bond motifs is 2. The molecule has 48 heavy (non-hydrogen) atoms. The fraction of sp³-hybridized carbons (Fsp3) is 0.219. The fourth-order valence-corrected chi connectivity index (χ4v) is 5.78. The van der Waals surface area contributed by atoms with Crippen LogP contribution in [-0.4, -0.2) is 52.8 Å². The number of rotatable bonds is 8. The molecule has 2 aromatic carbocycles. The summed E-state index contributed by atoms with van der Waals surface area (Å²) < 4.78 is 83.9. The smallest absolute Gasteiger partial charge is 0.372 e. The van der Waals surface area contributed by atoms with Crippen LogP contribution in [0.5, 0.6) is 0 Å². The number of halogens is 6. The number of benzene rings is 2. The molecule has 6 rings (SSSR count). The molecule has 0 saturated carbocycles. The minimum atomic E-state index is -5.97. The second-order valence-corrected chi connectivity index (χ2v) is 12.0. The first-order chi connectivity index (χ1) is 22.6. The van der Waals surface area contributed by atoms with Crippen molar-refractivity contribution in [3.63, 3.8) is 0 Å². The standard InChI is InChI=1S/C32H26F6N8OS/c1-17-12-18(2)43-29(42-17)45-48-22-6-4-21(5-7-22)44-27-13-24-20(14-40-27)10-11-39-28(24)23-8-9-26-25(19(23)3)15-41-46(26)16-30(47,31(33,34)35)32(36,37)38/h4-15,47H,16H2,1-3H3,(H,40,44)(H,42,43,45). The Morgan fingerprint density at radius 1 is 0.812 bits per heavy atom. The third kappa shape index (κ3) is 6.32. The van der Waals surface area contributed by atoms with E-state index in [0.29, 0.717) is 44.0 Å². The molecule has 4 aromatic heterocycles. The summed E-state index contributed by atoms with van der Waals surface area (Å²) in [5.41, 5.74) is -0.854. The van der Waals surface area contributed by atoms with E-state index in [0.717, 1.165) is 27.4 Å². The number of nitrogens with one attached hydrogen (secondary N) is 2. The van der Waals surface area contributed by atoms with Crippen LogP contribution in [0, 0.1) is 20.8 Å². The van der Waals surface area contributed by atoms with Crippen LogP contribution in [0.25, 0.3) is 32.9 Å². The summed E-state index contributed by atoms with van der Waals surface area (Å²) in [7, 11) is 0. The highest BCUT2D eigenvalue weighted by molar-refractivity contribution is 8.00. The number of nitrogens with zero attached hydrogens (tertiary/aromatic N) is 6. The van der Waals surface area contributed by atoms with Crippen LogP contribution < -0.4 is 10.0 Å². The van der Waals surface area contributed by atoms with Gasteiger partial charge in [-0.15, -0.1) is 0 Å². The largest absolute Gasteiger partial charge is 0.428 e. The maximum Gasteiger partial charge on any atom is 0.428 e. The van der Waals surface area contributed by atoms with Crippen molar-refractivity contribution < 1.29 is 31.4 Å². The number of aliphatic hydroxyl groups is 1. The Balaban J connectivity index is 1.26. The molecule has 0 aliphatic heterocycles. The molecule has 248 valence electrons. The summed E-state index contributed by atoms with van der Waals surface area (Å²) in [6, 6.07) is 16.0. The van der Waals surface area contributed by atoms with Crippen LogP contribution in [0.2, 0.25) is 0 Å². The molecular formula is C32H26F6N8OS. The van der Waals surface area contributed by atoms with Gasteiger partial charge < -0.3 is 10.4 Å². The van der Waals surface area contributed by atoms with Gasteiger partial charge in [-0.25, -0.2) is 15.0 Å². The van der Waals surface area contributed by atoms with E-state index in [2.05, 4.69) is 35.1 Å². The Hall–Kier alpha value is -4.96. The van der Waals surface area contributed by atoms with Gasteiger partial charge in [-0.3, -0.25) is 14.4 Å². The number of anilines is 3. The topological polar surface area (TPSA) is 114 Å². The summed E-state index contributed by atoms with van der Waals surface area (Å²) in [4.78, 5) is 18.7. The predicted molar refractivity (Wildman–Crippen MR) is 171 cm³/mol. The monoisotopic (exact) mass is 684 g/mol. The fourth-order valence-electron chi connectivity index (χ4n) is 5.21. The highest BCUT2D eigenvalue weighted by Gasteiger charge is 2.70. The maximum absolute atomic E-state index is 13.4. The van der Waals surface area contributed by atoms with Crippen molar-refractivity contribution in [1.82, 2.24) is 29.7 Å². The van der Waals surface area contributed by atoms with Gasteiger partial charge in [0.15, 0.2) is 0 Å². The summed E-state index contributed by atoms with van der Waals surface area (Å²) in [6.07, 6.45) is -7.52. The summed E-state index contributed by atoms with van der Waals surface area (Å²) in [5, 5.41) is 18.5. The van der Waals surface area contributed by atoms with Gasteiger partial charge in [-0.1, -0.05) is 6.07 Å². The highest BCUT2D eigenvalue weighted by Crippen LogP contribution is 2.44. The normalized spacial score (nSPS) is 12.5. The van der Waals surface area contributed by atoms with Crippen LogP contribution in [0.4, 0.5) is 43.8 Å². The zero-order valence-corrected chi connectivity index (χ0v) is 26.3. The molecule has 6 aromatic rings. The molecule has 0 bridgehead atoms. The molecule has 0 spiro atoms. The van der Waals surface area contributed by atoms with Gasteiger partial charge in [0.05, 0.1) is 24.0 Å². The Morgan fingerprint density at radius 3 is 2.17 bits per heavy atom. The van der Waals surface area contributed by atoms with Gasteiger partial charge in [0.2, 0.25) is 5.95 Å². The zero-order chi connectivity index (χ0) is 34.4. The first kappa shape index (κ1) is 33.0. The van der Waals surface area contributed by atoms with Crippen molar-refractivity contribution in [2.75, 3.05) is 10.0 Å². The Morgan fingerprint density at radius 2 is 1.50 bits per heavy atom. The molecule has 0 fully saturated rings. The van der Waals surface area contributed by atoms with E-state index in [1.54, 1.807) is 37.5 Å².